The van der Waals surface area contributed by atoms with Gasteiger partial charge in [0.15, 0.2) is 16.6 Å². The second kappa shape index (κ2) is 6.20. The molecular weight excluding hydrogens is 312 g/mol. The number of rotatable bonds is 3. The van der Waals surface area contributed by atoms with E-state index in [0.717, 1.165) is 11.3 Å². The summed E-state index contributed by atoms with van der Waals surface area (Å²) in [5.74, 6) is 1.75. The lowest BCUT2D eigenvalue weighted by atomic mass is 10.1. The summed E-state index contributed by atoms with van der Waals surface area (Å²) in [6, 6.07) is 5.66. The first-order valence-electron chi connectivity index (χ1n) is 7.68. The molecule has 0 aromatic heterocycles. The zero-order chi connectivity index (χ0) is 16.6. The van der Waals surface area contributed by atoms with Gasteiger partial charge in [0.05, 0.1) is 0 Å². The summed E-state index contributed by atoms with van der Waals surface area (Å²) >= 11 is 5.39. The molecule has 2 aliphatic rings. The topological polar surface area (TPSA) is 42.0 Å². The molecule has 2 aliphatic heterocycles. The van der Waals surface area contributed by atoms with E-state index in [0.29, 0.717) is 42.2 Å². The van der Waals surface area contributed by atoms with Gasteiger partial charge in [0.2, 0.25) is 0 Å². The van der Waals surface area contributed by atoms with Crippen molar-refractivity contribution < 1.29 is 14.3 Å². The minimum Gasteiger partial charge on any atom is -0.486 e. The number of thiocarbonyl (C=S) groups is 1. The number of carbonyl (C=O) groups is 1. The van der Waals surface area contributed by atoms with Gasteiger partial charge in [0, 0.05) is 13.6 Å². The third kappa shape index (κ3) is 3.03. The molecule has 1 aromatic rings. The Balaban J connectivity index is 1.90. The van der Waals surface area contributed by atoms with Crippen LogP contribution in [0.2, 0.25) is 0 Å². The summed E-state index contributed by atoms with van der Waals surface area (Å²) in [6.07, 6.45) is 1.84. The van der Waals surface area contributed by atoms with Crippen LogP contribution in [0, 0.1) is 5.92 Å². The molecular formula is C17H20N2O3S. The number of ether oxygens (including phenoxy) is 2. The molecule has 1 fully saturated rings. The van der Waals surface area contributed by atoms with Crippen LogP contribution in [0.3, 0.4) is 0 Å². The zero-order valence-electron chi connectivity index (χ0n) is 13.5. The maximum absolute atomic E-state index is 12.6. The molecule has 23 heavy (non-hydrogen) atoms. The average Bonchev–Trinajstić information content (AvgIpc) is 2.72. The predicted octanol–water partition coefficient (Wildman–Crippen LogP) is 2.51. The molecule has 6 heteroatoms. The van der Waals surface area contributed by atoms with Gasteiger partial charge in [-0.15, -0.1) is 0 Å². The Bertz CT molecular complexity index is 684. The van der Waals surface area contributed by atoms with Crippen molar-refractivity contribution in [2.45, 2.75) is 13.8 Å². The van der Waals surface area contributed by atoms with E-state index in [9.17, 15) is 4.79 Å². The highest BCUT2D eigenvalue weighted by Crippen LogP contribution is 2.32. The monoisotopic (exact) mass is 332 g/mol. The van der Waals surface area contributed by atoms with Crippen LogP contribution in [0.25, 0.3) is 6.08 Å². The van der Waals surface area contributed by atoms with Crippen LogP contribution in [-0.4, -0.2) is 47.6 Å². The van der Waals surface area contributed by atoms with Crippen LogP contribution in [0.5, 0.6) is 11.5 Å². The van der Waals surface area contributed by atoms with Crippen LogP contribution in [-0.2, 0) is 4.79 Å². The van der Waals surface area contributed by atoms with Gasteiger partial charge < -0.3 is 14.4 Å². The summed E-state index contributed by atoms with van der Waals surface area (Å²) < 4.78 is 11.1. The molecule has 0 unspecified atom stereocenters. The summed E-state index contributed by atoms with van der Waals surface area (Å²) in [5, 5.41) is 0.549. The second-order valence-electron chi connectivity index (χ2n) is 6.08. The van der Waals surface area contributed by atoms with Gasteiger partial charge in [0.1, 0.15) is 18.9 Å². The molecule has 122 valence electrons. The molecule has 0 N–H and O–H groups in total. The molecule has 5 nitrogen and oxygen atoms in total. The Morgan fingerprint density at radius 2 is 1.96 bits per heavy atom. The van der Waals surface area contributed by atoms with E-state index in [1.165, 1.54) is 0 Å². The molecule has 1 aromatic carbocycles. The van der Waals surface area contributed by atoms with Crippen LogP contribution < -0.4 is 9.47 Å². The Kier molecular flexibility index (Phi) is 4.26. The van der Waals surface area contributed by atoms with Crippen molar-refractivity contribution in [2.75, 3.05) is 26.8 Å². The molecule has 0 spiro atoms. The summed E-state index contributed by atoms with van der Waals surface area (Å²) in [5.41, 5.74) is 1.46. The standard InChI is InChI=1S/C17H20N2O3S/c1-11(2)10-19-16(20)13(18(3)17(19)23)8-12-4-5-14-15(9-12)22-7-6-21-14/h4-5,8-9,11H,6-7,10H2,1-3H3/b13-8-. The summed E-state index contributed by atoms with van der Waals surface area (Å²) in [4.78, 5) is 16.0. The molecule has 0 radical (unpaired) electrons. The Morgan fingerprint density at radius 3 is 2.65 bits per heavy atom. The van der Waals surface area contributed by atoms with Crippen molar-refractivity contribution in [1.29, 1.82) is 0 Å². The van der Waals surface area contributed by atoms with E-state index < -0.39 is 0 Å². The van der Waals surface area contributed by atoms with Gasteiger partial charge in [-0.05, 0) is 41.9 Å². The Labute approximate surface area is 141 Å². The van der Waals surface area contributed by atoms with Crippen molar-refractivity contribution in [1.82, 2.24) is 9.80 Å². The summed E-state index contributed by atoms with van der Waals surface area (Å²) in [6.45, 7) is 5.86. The average molecular weight is 332 g/mol. The van der Waals surface area contributed by atoms with Crippen molar-refractivity contribution >= 4 is 29.3 Å². The van der Waals surface area contributed by atoms with Gasteiger partial charge >= 0.3 is 0 Å². The first-order chi connectivity index (χ1) is 11.0. The molecule has 3 rings (SSSR count). The lowest BCUT2D eigenvalue weighted by molar-refractivity contribution is -0.122. The van der Waals surface area contributed by atoms with Gasteiger partial charge in [0.25, 0.3) is 5.91 Å². The van der Waals surface area contributed by atoms with Crippen LogP contribution in [0.15, 0.2) is 23.9 Å². The minimum absolute atomic E-state index is 0.0545. The largest absolute Gasteiger partial charge is 0.486 e. The number of amides is 1. The highest BCUT2D eigenvalue weighted by molar-refractivity contribution is 7.80. The van der Waals surface area contributed by atoms with Gasteiger partial charge in [-0.2, -0.15) is 0 Å². The Hall–Kier alpha value is -2.08. The van der Waals surface area contributed by atoms with Crippen LogP contribution in [0.1, 0.15) is 19.4 Å². The third-order valence-electron chi connectivity index (χ3n) is 3.76. The highest BCUT2D eigenvalue weighted by Gasteiger charge is 2.35. The maximum Gasteiger partial charge on any atom is 0.276 e. The van der Waals surface area contributed by atoms with Gasteiger partial charge in [-0.1, -0.05) is 19.9 Å². The van der Waals surface area contributed by atoms with Crippen molar-refractivity contribution in [3.63, 3.8) is 0 Å². The van der Waals surface area contributed by atoms with Crippen LogP contribution >= 0.6 is 12.2 Å². The van der Waals surface area contributed by atoms with Crippen LogP contribution in [0.4, 0.5) is 0 Å². The normalized spacial score (nSPS) is 19.2. The zero-order valence-corrected chi connectivity index (χ0v) is 14.4. The molecule has 0 atom stereocenters. The maximum atomic E-state index is 12.6. The van der Waals surface area contributed by atoms with E-state index in [4.69, 9.17) is 21.7 Å². The van der Waals surface area contributed by atoms with E-state index in [-0.39, 0.29) is 5.91 Å². The molecule has 1 saturated heterocycles. The molecule has 0 bridgehead atoms. The number of nitrogens with zero attached hydrogens (tertiary/aromatic N) is 2. The van der Waals surface area contributed by atoms with E-state index in [1.807, 2.05) is 31.3 Å². The molecule has 1 amide bonds. The predicted molar refractivity (Wildman–Crippen MR) is 92.3 cm³/mol. The van der Waals surface area contributed by atoms with Gasteiger partial charge in [-0.25, -0.2) is 0 Å². The summed E-state index contributed by atoms with van der Waals surface area (Å²) in [7, 11) is 1.82. The van der Waals surface area contributed by atoms with E-state index in [2.05, 4.69) is 13.8 Å². The second-order valence-corrected chi connectivity index (χ2v) is 6.45. The number of hydrogen-bond donors (Lipinski definition) is 0. The Morgan fingerprint density at radius 1 is 1.26 bits per heavy atom. The lowest BCUT2D eigenvalue weighted by Gasteiger charge is -2.18. The van der Waals surface area contributed by atoms with Gasteiger partial charge in [-0.3, -0.25) is 9.69 Å². The fourth-order valence-electron chi connectivity index (χ4n) is 2.65. The number of likely N-dealkylation sites (N-methyl/N-ethyl adjacent to an activating group) is 1. The molecule has 2 heterocycles. The molecule has 0 saturated carbocycles. The minimum atomic E-state index is -0.0545. The van der Waals surface area contributed by atoms with Crippen molar-refractivity contribution in [2.24, 2.45) is 5.92 Å². The lowest BCUT2D eigenvalue weighted by Crippen LogP contribution is -2.34. The smallest absolute Gasteiger partial charge is 0.276 e. The highest BCUT2D eigenvalue weighted by atomic mass is 32.1. The number of carbonyl (C=O) groups excluding carboxylic acids is 1. The fraction of sp³-hybridized carbons (Fsp3) is 0.412. The number of hydrogen-bond acceptors (Lipinski definition) is 4. The first kappa shape index (κ1) is 15.8. The quantitative estimate of drug-likeness (QED) is 0.628. The van der Waals surface area contributed by atoms with Crippen molar-refractivity contribution in [3.05, 3.63) is 29.5 Å². The first-order valence-corrected chi connectivity index (χ1v) is 8.09. The third-order valence-corrected chi connectivity index (χ3v) is 4.26. The van der Waals surface area contributed by atoms with E-state index >= 15 is 0 Å². The number of fused-ring (bicyclic) bond motifs is 1. The molecule has 0 aliphatic carbocycles. The van der Waals surface area contributed by atoms with E-state index in [1.54, 1.807) is 9.80 Å². The SMILES string of the molecule is CC(C)CN1C(=O)/C(=C/c2ccc3c(c2)OCCO3)N(C)C1=S. The fourth-order valence-corrected chi connectivity index (χ4v) is 2.90. The number of benzene rings is 1. The van der Waals surface area contributed by atoms with Crippen molar-refractivity contribution in [3.8, 4) is 11.5 Å².